The summed E-state index contributed by atoms with van der Waals surface area (Å²) in [7, 11) is 0. The third-order valence-electron chi connectivity index (χ3n) is 3.47. The van der Waals surface area contributed by atoms with Crippen molar-refractivity contribution < 1.29 is 14.7 Å². The summed E-state index contributed by atoms with van der Waals surface area (Å²) in [4.78, 5) is 23.7. The van der Waals surface area contributed by atoms with Crippen molar-refractivity contribution >= 4 is 23.5 Å². The van der Waals surface area contributed by atoms with E-state index in [1.165, 1.54) is 10.7 Å². The number of thioether (sulfide) groups is 1. The van der Waals surface area contributed by atoms with Gasteiger partial charge in [0, 0.05) is 5.56 Å². The van der Waals surface area contributed by atoms with Gasteiger partial charge in [0.15, 0.2) is 5.78 Å². The number of Topliss-reactive ketones (excluding diaryl/α,β-unsaturated/α-hetero) is 1. The van der Waals surface area contributed by atoms with E-state index in [1.54, 1.807) is 42.5 Å². The molecule has 0 amide bonds. The third-order valence-corrected chi connectivity index (χ3v) is 4.39. The maximum absolute atomic E-state index is 12.3. The van der Waals surface area contributed by atoms with E-state index in [-0.39, 0.29) is 17.1 Å². The summed E-state index contributed by atoms with van der Waals surface area (Å²) in [5.74, 6) is -1.18. The monoisotopic (exact) mass is 365 g/mol. The van der Waals surface area contributed by atoms with Gasteiger partial charge in [0.1, 0.15) is 0 Å². The molecule has 0 radical (unpaired) electrons. The number of carbonyl (C=O) groups is 2. The minimum Gasteiger partial charge on any atom is -0.478 e. The van der Waals surface area contributed by atoms with Gasteiger partial charge in [-0.2, -0.15) is 9.94 Å². The summed E-state index contributed by atoms with van der Waals surface area (Å²) >= 11 is 1.10. The zero-order valence-corrected chi connectivity index (χ0v) is 14.1. The Bertz CT molecular complexity index is 1010. The van der Waals surface area contributed by atoms with E-state index >= 15 is 0 Å². The molecule has 0 bridgehead atoms. The van der Waals surface area contributed by atoms with Crippen molar-refractivity contribution in [2.45, 2.75) is 5.16 Å². The van der Waals surface area contributed by atoms with Crippen molar-refractivity contribution in [1.29, 1.82) is 5.26 Å². The fraction of sp³-hybridized carbons (Fsp3) is 0.0588. The molecule has 2 aromatic carbocycles. The standard InChI is InChI=1S/C17H11N5O3S/c18-9-11-5-7-12(8-6-11)15(23)10-26-17-19-20-21-22(17)14-4-2-1-3-13(14)16(24)25/h1-8H,10H2,(H,24,25). The fourth-order valence-electron chi connectivity index (χ4n) is 2.20. The summed E-state index contributed by atoms with van der Waals surface area (Å²) in [5.41, 5.74) is 1.32. The Balaban J connectivity index is 1.79. The maximum atomic E-state index is 12.3. The van der Waals surface area contributed by atoms with E-state index < -0.39 is 5.97 Å². The van der Waals surface area contributed by atoms with Crippen LogP contribution in [0.2, 0.25) is 0 Å². The van der Waals surface area contributed by atoms with Crippen LogP contribution >= 0.6 is 11.8 Å². The van der Waals surface area contributed by atoms with Crippen LogP contribution < -0.4 is 0 Å². The Morgan fingerprint density at radius 1 is 1.15 bits per heavy atom. The summed E-state index contributed by atoms with van der Waals surface area (Å²) < 4.78 is 1.29. The number of hydrogen-bond acceptors (Lipinski definition) is 7. The SMILES string of the molecule is N#Cc1ccc(C(=O)CSc2nnnn2-c2ccccc2C(=O)O)cc1. The summed E-state index contributed by atoms with van der Waals surface area (Å²) in [6, 6.07) is 14.7. The Hall–Kier alpha value is -3.51. The number of nitriles is 1. The van der Waals surface area contributed by atoms with Gasteiger partial charge in [0.05, 0.1) is 28.6 Å². The minimum atomic E-state index is -1.10. The van der Waals surface area contributed by atoms with E-state index in [4.69, 9.17) is 5.26 Å². The molecular formula is C17H11N5O3S. The predicted molar refractivity (Wildman–Crippen MR) is 92.3 cm³/mol. The first-order valence-electron chi connectivity index (χ1n) is 7.37. The zero-order chi connectivity index (χ0) is 18.5. The molecule has 0 saturated heterocycles. The second-order valence-corrected chi connectivity index (χ2v) is 6.04. The van der Waals surface area contributed by atoms with Gasteiger partial charge < -0.3 is 5.11 Å². The van der Waals surface area contributed by atoms with E-state index in [0.29, 0.717) is 22.0 Å². The van der Waals surface area contributed by atoms with E-state index in [1.807, 2.05) is 6.07 Å². The molecule has 3 rings (SSSR count). The molecule has 0 aliphatic heterocycles. The van der Waals surface area contributed by atoms with Gasteiger partial charge in [-0.05, 0) is 34.7 Å². The number of tetrazole rings is 1. The highest BCUT2D eigenvalue weighted by Crippen LogP contribution is 2.22. The van der Waals surface area contributed by atoms with Gasteiger partial charge >= 0.3 is 5.97 Å². The number of para-hydroxylation sites is 1. The molecule has 128 valence electrons. The Labute approximate surface area is 152 Å². The molecule has 0 saturated carbocycles. The fourth-order valence-corrected chi connectivity index (χ4v) is 2.98. The minimum absolute atomic E-state index is 0.0556. The molecule has 1 N–H and O–H groups in total. The molecule has 1 aromatic heterocycles. The quantitative estimate of drug-likeness (QED) is 0.521. The van der Waals surface area contributed by atoms with Gasteiger partial charge in [-0.1, -0.05) is 36.0 Å². The smallest absolute Gasteiger partial charge is 0.337 e. The van der Waals surface area contributed by atoms with Crippen molar-refractivity contribution in [2.24, 2.45) is 0 Å². The lowest BCUT2D eigenvalue weighted by atomic mass is 10.1. The van der Waals surface area contributed by atoms with Gasteiger partial charge in [-0.25, -0.2) is 4.79 Å². The van der Waals surface area contributed by atoms with Crippen LogP contribution in [-0.4, -0.2) is 42.8 Å². The average Bonchev–Trinajstić information content (AvgIpc) is 3.14. The highest BCUT2D eigenvalue weighted by molar-refractivity contribution is 7.99. The topological polar surface area (TPSA) is 122 Å². The van der Waals surface area contributed by atoms with Crippen LogP contribution in [0.4, 0.5) is 0 Å². The summed E-state index contributed by atoms with van der Waals surface area (Å²) in [5, 5.41) is 29.7. The molecule has 26 heavy (non-hydrogen) atoms. The van der Waals surface area contributed by atoms with Crippen molar-refractivity contribution in [1.82, 2.24) is 20.2 Å². The van der Waals surface area contributed by atoms with Crippen molar-refractivity contribution in [3.63, 3.8) is 0 Å². The van der Waals surface area contributed by atoms with Gasteiger partial charge in [-0.3, -0.25) is 4.79 Å². The van der Waals surface area contributed by atoms with Crippen LogP contribution in [0, 0.1) is 11.3 Å². The Morgan fingerprint density at radius 3 is 2.58 bits per heavy atom. The number of hydrogen-bond donors (Lipinski definition) is 1. The number of ketones is 1. The molecule has 0 spiro atoms. The Morgan fingerprint density at radius 2 is 1.88 bits per heavy atom. The van der Waals surface area contributed by atoms with Gasteiger partial charge in [0.2, 0.25) is 5.16 Å². The molecule has 9 heteroatoms. The van der Waals surface area contributed by atoms with Crippen LogP contribution in [0.15, 0.2) is 53.7 Å². The maximum Gasteiger partial charge on any atom is 0.337 e. The van der Waals surface area contributed by atoms with Crippen LogP contribution in [0.5, 0.6) is 0 Å². The lowest BCUT2D eigenvalue weighted by Crippen LogP contribution is -2.09. The first kappa shape index (κ1) is 17.3. The van der Waals surface area contributed by atoms with Crippen molar-refractivity contribution in [3.8, 4) is 11.8 Å². The van der Waals surface area contributed by atoms with Crippen LogP contribution in [0.3, 0.4) is 0 Å². The number of carboxylic acids is 1. The van der Waals surface area contributed by atoms with Crippen LogP contribution in [-0.2, 0) is 0 Å². The van der Waals surface area contributed by atoms with Crippen molar-refractivity contribution in [3.05, 3.63) is 65.2 Å². The predicted octanol–water partition coefficient (Wildman–Crippen LogP) is 2.21. The molecule has 0 fully saturated rings. The first-order valence-corrected chi connectivity index (χ1v) is 8.36. The number of aromatic nitrogens is 4. The number of benzene rings is 2. The first-order chi connectivity index (χ1) is 12.6. The molecule has 8 nitrogen and oxygen atoms in total. The highest BCUT2D eigenvalue weighted by Gasteiger charge is 2.17. The number of aromatic carboxylic acids is 1. The van der Waals surface area contributed by atoms with E-state index in [9.17, 15) is 14.7 Å². The zero-order valence-electron chi connectivity index (χ0n) is 13.2. The average molecular weight is 365 g/mol. The molecular weight excluding hydrogens is 354 g/mol. The molecule has 1 heterocycles. The second-order valence-electron chi connectivity index (χ2n) is 5.10. The lowest BCUT2D eigenvalue weighted by Gasteiger charge is -2.07. The van der Waals surface area contributed by atoms with Gasteiger partial charge in [0.25, 0.3) is 0 Å². The molecule has 0 aliphatic rings. The highest BCUT2D eigenvalue weighted by atomic mass is 32.2. The Kier molecular flexibility index (Phi) is 5.05. The van der Waals surface area contributed by atoms with Gasteiger partial charge in [-0.15, -0.1) is 5.10 Å². The summed E-state index contributed by atoms with van der Waals surface area (Å²) in [6.45, 7) is 0. The summed E-state index contributed by atoms with van der Waals surface area (Å²) in [6.07, 6.45) is 0. The van der Waals surface area contributed by atoms with Crippen LogP contribution in [0.1, 0.15) is 26.3 Å². The lowest BCUT2D eigenvalue weighted by molar-refractivity contribution is 0.0696. The van der Waals surface area contributed by atoms with Crippen LogP contribution in [0.25, 0.3) is 5.69 Å². The number of nitrogens with zero attached hydrogens (tertiary/aromatic N) is 5. The van der Waals surface area contributed by atoms with E-state index in [2.05, 4.69) is 15.5 Å². The molecule has 0 atom stereocenters. The second kappa shape index (κ2) is 7.58. The largest absolute Gasteiger partial charge is 0.478 e. The third kappa shape index (κ3) is 3.60. The van der Waals surface area contributed by atoms with Crippen molar-refractivity contribution in [2.75, 3.05) is 5.75 Å². The molecule has 3 aromatic rings. The number of carbonyl (C=O) groups excluding carboxylic acids is 1. The molecule has 0 aliphatic carbocycles. The normalized spacial score (nSPS) is 10.3. The molecule has 0 unspecified atom stereocenters. The number of carboxylic acid groups (broad SMARTS) is 1. The van der Waals surface area contributed by atoms with E-state index in [0.717, 1.165) is 11.8 Å². The number of rotatable bonds is 6.